The van der Waals surface area contributed by atoms with E-state index >= 15 is 0 Å². The summed E-state index contributed by atoms with van der Waals surface area (Å²) in [5.74, 6) is -0.498. The third-order valence-electron chi connectivity index (χ3n) is 3.28. The van der Waals surface area contributed by atoms with E-state index < -0.39 is 4.92 Å². The number of halogens is 1. The molecule has 1 amide bonds. The second-order valence-electron chi connectivity index (χ2n) is 4.83. The van der Waals surface area contributed by atoms with Crippen LogP contribution in [0.15, 0.2) is 36.4 Å². The number of anilines is 1. The van der Waals surface area contributed by atoms with Crippen molar-refractivity contribution < 1.29 is 9.72 Å². The van der Waals surface area contributed by atoms with E-state index in [9.17, 15) is 14.9 Å². The van der Waals surface area contributed by atoms with Gasteiger partial charge in [-0.2, -0.15) is 0 Å². The Balaban J connectivity index is 0.00000264. The molecule has 0 aliphatic heterocycles. The van der Waals surface area contributed by atoms with Crippen molar-refractivity contribution in [3.63, 3.8) is 0 Å². The van der Waals surface area contributed by atoms with Gasteiger partial charge in [0.1, 0.15) is 0 Å². The fourth-order valence-corrected chi connectivity index (χ4v) is 2.14. The molecule has 7 nitrogen and oxygen atoms in total. The normalized spacial score (nSPS) is 10.0. The summed E-state index contributed by atoms with van der Waals surface area (Å²) in [6, 6.07) is 10.2. The molecule has 0 spiro atoms. The molecule has 0 bridgehead atoms. The summed E-state index contributed by atoms with van der Waals surface area (Å²) >= 11 is 0. The summed E-state index contributed by atoms with van der Waals surface area (Å²) in [7, 11) is 1.49. The Labute approximate surface area is 140 Å². The van der Waals surface area contributed by atoms with Crippen LogP contribution in [-0.2, 0) is 13.6 Å². The van der Waals surface area contributed by atoms with Gasteiger partial charge in [0, 0.05) is 18.3 Å². The number of nitro groups is 1. The SMILES string of the molecule is CCNCc1cccc(NC(=O)c2ccc([N+](=O)[O-])n2C)c1.Cl. The molecule has 23 heavy (non-hydrogen) atoms. The minimum Gasteiger partial charge on any atom is -0.358 e. The largest absolute Gasteiger partial charge is 0.358 e. The van der Waals surface area contributed by atoms with Gasteiger partial charge in [-0.1, -0.05) is 19.1 Å². The average molecular weight is 339 g/mol. The molecule has 124 valence electrons. The van der Waals surface area contributed by atoms with Crippen molar-refractivity contribution in [2.45, 2.75) is 13.5 Å². The van der Waals surface area contributed by atoms with Crippen LogP contribution in [0.5, 0.6) is 0 Å². The van der Waals surface area contributed by atoms with E-state index in [2.05, 4.69) is 10.6 Å². The highest BCUT2D eigenvalue weighted by atomic mass is 35.5. The molecule has 0 saturated carbocycles. The maximum Gasteiger partial charge on any atom is 0.323 e. The molecule has 8 heteroatoms. The Morgan fingerprint density at radius 1 is 1.30 bits per heavy atom. The first-order valence-corrected chi connectivity index (χ1v) is 6.94. The van der Waals surface area contributed by atoms with Gasteiger partial charge >= 0.3 is 5.82 Å². The Bertz CT molecular complexity index is 700. The van der Waals surface area contributed by atoms with Crippen molar-refractivity contribution in [3.05, 3.63) is 57.8 Å². The summed E-state index contributed by atoms with van der Waals surface area (Å²) < 4.78 is 1.26. The summed E-state index contributed by atoms with van der Waals surface area (Å²) in [5.41, 5.74) is 1.95. The van der Waals surface area contributed by atoms with Gasteiger partial charge in [0.05, 0.1) is 7.05 Å². The predicted octanol–water partition coefficient (Wildman–Crippen LogP) is 2.72. The van der Waals surface area contributed by atoms with Crippen molar-refractivity contribution in [1.82, 2.24) is 9.88 Å². The van der Waals surface area contributed by atoms with Crippen molar-refractivity contribution in [3.8, 4) is 0 Å². The molecule has 2 rings (SSSR count). The lowest BCUT2D eigenvalue weighted by Crippen LogP contribution is -2.17. The number of carbonyl (C=O) groups excluding carboxylic acids is 1. The highest BCUT2D eigenvalue weighted by Gasteiger charge is 2.20. The number of aromatic nitrogens is 1. The quantitative estimate of drug-likeness (QED) is 0.626. The highest BCUT2D eigenvalue weighted by Crippen LogP contribution is 2.17. The van der Waals surface area contributed by atoms with Crippen LogP contribution in [0.4, 0.5) is 11.5 Å². The summed E-state index contributed by atoms with van der Waals surface area (Å²) in [5, 5.41) is 16.8. The van der Waals surface area contributed by atoms with Crippen LogP contribution in [0.2, 0.25) is 0 Å². The molecule has 1 heterocycles. The van der Waals surface area contributed by atoms with Gasteiger partial charge in [-0.3, -0.25) is 4.79 Å². The average Bonchev–Trinajstić information content (AvgIpc) is 2.87. The van der Waals surface area contributed by atoms with Crippen LogP contribution in [0.3, 0.4) is 0 Å². The van der Waals surface area contributed by atoms with Crippen LogP contribution in [0.1, 0.15) is 23.0 Å². The van der Waals surface area contributed by atoms with Crippen molar-refractivity contribution >= 4 is 29.8 Å². The standard InChI is InChI=1S/C15H18N4O3.ClH/c1-3-16-10-11-5-4-6-12(9-11)17-15(20)13-7-8-14(18(13)2)19(21)22;/h4-9,16H,3,10H2,1-2H3,(H,17,20);1H. The lowest BCUT2D eigenvalue weighted by atomic mass is 10.2. The minimum atomic E-state index is -0.520. The maximum atomic E-state index is 12.2. The maximum absolute atomic E-state index is 12.2. The topological polar surface area (TPSA) is 89.2 Å². The van der Waals surface area contributed by atoms with Gasteiger partial charge in [0.25, 0.3) is 5.91 Å². The highest BCUT2D eigenvalue weighted by molar-refractivity contribution is 6.03. The van der Waals surface area contributed by atoms with Gasteiger partial charge in [-0.25, -0.2) is 4.57 Å². The summed E-state index contributed by atoms with van der Waals surface area (Å²) in [4.78, 5) is 22.5. The zero-order valence-electron chi connectivity index (χ0n) is 12.9. The fraction of sp³-hybridized carbons (Fsp3) is 0.267. The third kappa shape index (κ3) is 4.54. The zero-order valence-corrected chi connectivity index (χ0v) is 13.7. The zero-order chi connectivity index (χ0) is 16.1. The number of amides is 1. The first kappa shape index (κ1) is 18.7. The van der Waals surface area contributed by atoms with E-state index in [4.69, 9.17) is 0 Å². The van der Waals surface area contributed by atoms with Gasteiger partial charge in [-0.05, 0) is 35.2 Å². The molecular weight excluding hydrogens is 320 g/mol. The van der Waals surface area contributed by atoms with Crippen LogP contribution < -0.4 is 10.6 Å². The fourth-order valence-electron chi connectivity index (χ4n) is 2.14. The minimum absolute atomic E-state index is 0. The third-order valence-corrected chi connectivity index (χ3v) is 3.28. The molecule has 0 aliphatic carbocycles. The van der Waals surface area contributed by atoms with E-state index in [1.165, 1.54) is 23.7 Å². The Morgan fingerprint density at radius 3 is 2.65 bits per heavy atom. The van der Waals surface area contributed by atoms with Crippen molar-refractivity contribution in [2.24, 2.45) is 7.05 Å². The molecule has 1 aromatic heterocycles. The number of hydrogen-bond donors (Lipinski definition) is 2. The van der Waals surface area contributed by atoms with E-state index in [0.717, 1.165) is 18.7 Å². The van der Waals surface area contributed by atoms with E-state index in [1.807, 2.05) is 25.1 Å². The Kier molecular flexibility index (Phi) is 6.74. The van der Waals surface area contributed by atoms with Crippen LogP contribution in [0.25, 0.3) is 0 Å². The number of carbonyl (C=O) groups is 1. The molecule has 0 atom stereocenters. The molecule has 1 aromatic carbocycles. The summed E-state index contributed by atoms with van der Waals surface area (Å²) in [6.07, 6.45) is 0. The second kappa shape index (κ2) is 8.30. The number of nitrogens with zero attached hydrogens (tertiary/aromatic N) is 2. The number of rotatable bonds is 6. The predicted molar refractivity (Wildman–Crippen MR) is 91.1 cm³/mol. The van der Waals surface area contributed by atoms with Gasteiger partial charge in [-0.15, -0.1) is 12.4 Å². The van der Waals surface area contributed by atoms with Gasteiger partial charge < -0.3 is 20.7 Å². The first-order chi connectivity index (χ1) is 10.5. The number of nitrogens with one attached hydrogen (secondary N) is 2. The Morgan fingerprint density at radius 2 is 2.04 bits per heavy atom. The lowest BCUT2D eigenvalue weighted by molar-refractivity contribution is -0.391. The van der Waals surface area contributed by atoms with E-state index in [0.29, 0.717) is 5.69 Å². The van der Waals surface area contributed by atoms with E-state index in [-0.39, 0.29) is 29.8 Å². The summed E-state index contributed by atoms with van der Waals surface area (Å²) in [6.45, 7) is 3.60. The molecule has 0 aliphatic rings. The van der Waals surface area contributed by atoms with Crippen molar-refractivity contribution in [1.29, 1.82) is 0 Å². The van der Waals surface area contributed by atoms with Crippen LogP contribution >= 0.6 is 12.4 Å². The molecule has 0 unspecified atom stereocenters. The number of hydrogen-bond acceptors (Lipinski definition) is 4. The molecule has 2 N–H and O–H groups in total. The molecule has 0 radical (unpaired) electrons. The van der Waals surface area contributed by atoms with Gasteiger partial charge in [0.15, 0.2) is 5.69 Å². The molecule has 2 aromatic rings. The van der Waals surface area contributed by atoms with E-state index in [1.54, 1.807) is 6.07 Å². The smallest absolute Gasteiger partial charge is 0.323 e. The van der Waals surface area contributed by atoms with Crippen LogP contribution in [0, 0.1) is 10.1 Å². The van der Waals surface area contributed by atoms with Crippen LogP contribution in [-0.4, -0.2) is 21.9 Å². The number of benzene rings is 1. The molecular formula is C15H19ClN4O3. The molecule has 0 fully saturated rings. The molecule has 0 saturated heterocycles. The Hall–Kier alpha value is -2.38. The monoisotopic (exact) mass is 338 g/mol. The first-order valence-electron chi connectivity index (χ1n) is 6.94. The second-order valence-corrected chi connectivity index (χ2v) is 4.83. The lowest BCUT2D eigenvalue weighted by Gasteiger charge is -2.07. The van der Waals surface area contributed by atoms with Gasteiger partial charge in [0.2, 0.25) is 0 Å². The van der Waals surface area contributed by atoms with Crippen molar-refractivity contribution in [2.75, 3.05) is 11.9 Å².